The predicted octanol–water partition coefficient (Wildman–Crippen LogP) is 1.84. The number of hydrogen-bond acceptors (Lipinski definition) is 4. The van der Waals surface area contributed by atoms with E-state index in [2.05, 4.69) is 0 Å². The minimum Gasteiger partial charge on any atom is -0.462 e. The number of sulfonamides is 1. The number of carbonyl (C=O) groups excluding carboxylic acids is 1. The molecule has 1 aliphatic rings. The molecule has 0 saturated heterocycles. The number of furan rings is 1. The van der Waals surface area contributed by atoms with Crippen molar-refractivity contribution >= 4 is 27.7 Å². The van der Waals surface area contributed by atoms with Gasteiger partial charge in [-0.25, -0.2) is 13.6 Å². The van der Waals surface area contributed by atoms with Gasteiger partial charge in [0.15, 0.2) is 0 Å². The highest BCUT2D eigenvalue weighted by atomic mass is 32.2. The van der Waals surface area contributed by atoms with Gasteiger partial charge in [-0.05, 0) is 49.2 Å². The van der Waals surface area contributed by atoms with Crippen LogP contribution >= 0.6 is 0 Å². The number of benzene rings is 1. The summed E-state index contributed by atoms with van der Waals surface area (Å²) in [5, 5.41) is 5.15. The molecule has 120 valence electrons. The molecule has 1 aromatic carbocycles. The molecule has 0 fully saturated rings. The van der Waals surface area contributed by atoms with Crippen molar-refractivity contribution in [1.29, 1.82) is 0 Å². The van der Waals surface area contributed by atoms with Crippen LogP contribution in [0.15, 0.2) is 45.7 Å². The van der Waals surface area contributed by atoms with Gasteiger partial charge in [-0.15, -0.1) is 0 Å². The molecule has 3 rings (SSSR count). The molecule has 0 unspecified atom stereocenters. The van der Waals surface area contributed by atoms with E-state index in [-0.39, 0.29) is 10.8 Å². The monoisotopic (exact) mass is 332 g/mol. The lowest BCUT2D eigenvalue weighted by Gasteiger charge is -2.15. The molecular formula is C16H16N2O4S. The van der Waals surface area contributed by atoms with Crippen molar-refractivity contribution in [2.24, 2.45) is 5.14 Å². The average Bonchev–Trinajstić information content (AvgIpc) is 3.09. The SMILES string of the molecule is Cc1ccc(/C=C/C(=O)N2CCc3ccc(S(N)(=O)=O)cc32)o1. The summed E-state index contributed by atoms with van der Waals surface area (Å²) in [6.45, 7) is 2.33. The number of primary sulfonamides is 1. The fourth-order valence-corrected chi connectivity index (χ4v) is 3.08. The number of nitrogens with zero attached hydrogens (tertiary/aromatic N) is 1. The van der Waals surface area contributed by atoms with E-state index in [1.807, 2.05) is 13.0 Å². The largest absolute Gasteiger partial charge is 0.462 e. The highest BCUT2D eigenvalue weighted by Gasteiger charge is 2.25. The Balaban J connectivity index is 1.86. The zero-order valence-electron chi connectivity index (χ0n) is 12.5. The van der Waals surface area contributed by atoms with E-state index in [1.165, 1.54) is 23.1 Å². The number of aryl methyl sites for hydroxylation is 1. The third kappa shape index (κ3) is 3.20. The number of hydrogen-bond donors (Lipinski definition) is 1. The Morgan fingerprint density at radius 3 is 2.74 bits per heavy atom. The van der Waals surface area contributed by atoms with E-state index in [1.54, 1.807) is 18.2 Å². The first-order valence-electron chi connectivity index (χ1n) is 7.06. The zero-order chi connectivity index (χ0) is 16.6. The maximum atomic E-state index is 12.4. The van der Waals surface area contributed by atoms with Crippen molar-refractivity contribution in [2.45, 2.75) is 18.2 Å². The average molecular weight is 332 g/mol. The highest BCUT2D eigenvalue weighted by molar-refractivity contribution is 7.89. The van der Waals surface area contributed by atoms with Crippen molar-refractivity contribution in [3.63, 3.8) is 0 Å². The third-order valence-corrected chi connectivity index (χ3v) is 4.61. The molecule has 7 heteroatoms. The number of anilines is 1. The van der Waals surface area contributed by atoms with Crippen molar-refractivity contribution in [2.75, 3.05) is 11.4 Å². The molecular weight excluding hydrogens is 316 g/mol. The number of carbonyl (C=O) groups is 1. The van der Waals surface area contributed by atoms with E-state index < -0.39 is 10.0 Å². The molecule has 2 N–H and O–H groups in total. The van der Waals surface area contributed by atoms with Gasteiger partial charge >= 0.3 is 0 Å². The number of amides is 1. The highest BCUT2D eigenvalue weighted by Crippen LogP contribution is 2.30. The van der Waals surface area contributed by atoms with E-state index >= 15 is 0 Å². The topological polar surface area (TPSA) is 93.6 Å². The molecule has 0 aliphatic carbocycles. The van der Waals surface area contributed by atoms with Gasteiger partial charge in [0, 0.05) is 18.3 Å². The first-order chi connectivity index (χ1) is 10.8. The fraction of sp³-hybridized carbons (Fsp3) is 0.188. The summed E-state index contributed by atoms with van der Waals surface area (Å²) in [6.07, 6.45) is 3.69. The Morgan fingerprint density at radius 2 is 2.09 bits per heavy atom. The van der Waals surface area contributed by atoms with E-state index in [9.17, 15) is 13.2 Å². The molecule has 0 radical (unpaired) electrons. The first-order valence-corrected chi connectivity index (χ1v) is 8.61. The van der Waals surface area contributed by atoms with Crippen LogP contribution in [0.4, 0.5) is 5.69 Å². The first kappa shape index (κ1) is 15.5. The summed E-state index contributed by atoms with van der Waals surface area (Å²) in [5.41, 5.74) is 1.51. The Hall–Kier alpha value is -2.38. The van der Waals surface area contributed by atoms with Crippen LogP contribution in [0.2, 0.25) is 0 Å². The van der Waals surface area contributed by atoms with Gasteiger partial charge in [-0.1, -0.05) is 6.07 Å². The van der Waals surface area contributed by atoms with Gasteiger partial charge < -0.3 is 9.32 Å². The molecule has 0 saturated carbocycles. The van der Waals surface area contributed by atoms with Gasteiger partial charge in [0.25, 0.3) is 5.91 Å². The second kappa shape index (κ2) is 5.68. The fourth-order valence-electron chi connectivity index (χ4n) is 2.55. The second-order valence-electron chi connectivity index (χ2n) is 5.36. The van der Waals surface area contributed by atoms with Gasteiger partial charge in [0.05, 0.1) is 4.90 Å². The van der Waals surface area contributed by atoms with E-state index in [0.29, 0.717) is 24.4 Å². The van der Waals surface area contributed by atoms with Crippen LogP contribution < -0.4 is 10.0 Å². The van der Waals surface area contributed by atoms with E-state index in [0.717, 1.165) is 11.3 Å². The lowest BCUT2D eigenvalue weighted by molar-refractivity contribution is -0.114. The van der Waals surface area contributed by atoms with Crippen molar-refractivity contribution < 1.29 is 17.6 Å². The Bertz CT molecular complexity index is 897. The predicted molar refractivity (Wildman–Crippen MR) is 86.4 cm³/mol. The standard InChI is InChI=1S/C16H16N2O4S/c1-11-2-4-13(22-11)5-7-16(19)18-9-8-12-3-6-14(10-15(12)18)23(17,20)21/h2-7,10H,8-9H2,1H3,(H2,17,20,21)/b7-5+. The van der Waals surface area contributed by atoms with Gasteiger partial charge in [-0.3, -0.25) is 4.79 Å². The summed E-state index contributed by atoms with van der Waals surface area (Å²) >= 11 is 0. The minimum absolute atomic E-state index is 0.00147. The maximum absolute atomic E-state index is 12.4. The van der Waals surface area contributed by atoms with Crippen LogP contribution in [0, 0.1) is 6.92 Å². The molecule has 23 heavy (non-hydrogen) atoms. The summed E-state index contributed by atoms with van der Waals surface area (Å²) in [6, 6.07) is 8.19. The molecule has 0 spiro atoms. The Morgan fingerprint density at radius 1 is 1.30 bits per heavy atom. The summed E-state index contributed by atoms with van der Waals surface area (Å²) < 4.78 is 28.3. The van der Waals surface area contributed by atoms with E-state index in [4.69, 9.17) is 9.56 Å². The molecule has 1 aliphatic heterocycles. The Labute approximate surface area is 134 Å². The normalized spacial score (nSPS) is 14.4. The van der Waals surface area contributed by atoms with Crippen LogP contribution in [0.25, 0.3) is 6.08 Å². The van der Waals surface area contributed by atoms with Crippen LogP contribution in [0.1, 0.15) is 17.1 Å². The van der Waals surface area contributed by atoms with Crippen molar-refractivity contribution in [3.05, 3.63) is 53.5 Å². The van der Waals surface area contributed by atoms with Crippen LogP contribution in [0.3, 0.4) is 0 Å². The summed E-state index contributed by atoms with van der Waals surface area (Å²) in [7, 11) is -3.80. The molecule has 0 atom stereocenters. The molecule has 2 aromatic rings. The Kier molecular flexibility index (Phi) is 3.83. The minimum atomic E-state index is -3.80. The van der Waals surface area contributed by atoms with Crippen LogP contribution in [-0.2, 0) is 21.2 Å². The van der Waals surface area contributed by atoms with Crippen molar-refractivity contribution in [3.8, 4) is 0 Å². The second-order valence-corrected chi connectivity index (χ2v) is 6.92. The molecule has 6 nitrogen and oxygen atoms in total. The van der Waals surface area contributed by atoms with Crippen LogP contribution in [-0.4, -0.2) is 20.9 Å². The molecule has 2 heterocycles. The molecule has 1 amide bonds. The molecule has 0 bridgehead atoms. The number of nitrogens with two attached hydrogens (primary N) is 1. The summed E-state index contributed by atoms with van der Waals surface area (Å²) in [5.74, 6) is 1.12. The lowest BCUT2D eigenvalue weighted by Crippen LogP contribution is -2.27. The number of fused-ring (bicyclic) bond motifs is 1. The van der Waals surface area contributed by atoms with Gasteiger partial charge in [0.1, 0.15) is 11.5 Å². The zero-order valence-corrected chi connectivity index (χ0v) is 13.3. The molecule has 1 aromatic heterocycles. The lowest BCUT2D eigenvalue weighted by atomic mass is 10.2. The maximum Gasteiger partial charge on any atom is 0.251 e. The number of rotatable bonds is 3. The van der Waals surface area contributed by atoms with Gasteiger partial charge in [-0.2, -0.15) is 0 Å². The van der Waals surface area contributed by atoms with Crippen LogP contribution in [0.5, 0.6) is 0 Å². The summed E-state index contributed by atoms with van der Waals surface area (Å²) in [4.78, 5) is 13.9. The smallest absolute Gasteiger partial charge is 0.251 e. The van der Waals surface area contributed by atoms with Gasteiger partial charge in [0.2, 0.25) is 10.0 Å². The quantitative estimate of drug-likeness (QED) is 0.868. The van der Waals surface area contributed by atoms with Crippen molar-refractivity contribution in [1.82, 2.24) is 0 Å². The third-order valence-electron chi connectivity index (χ3n) is 3.70.